The van der Waals surface area contributed by atoms with Crippen molar-refractivity contribution in [1.82, 2.24) is 10.2 Å². The van der Waals surface area contributed by atoms with Crippen molar-refractivity contribution in [2.45, 2.75) is 61.8 Å². The summed E-state index contributed by atoms with van der Waals surface area (Å²) < 4.78 is 0. The van der Waals surface area contributed by atoms with Crippen LogP contribution < -0.4 is 0 Å². The number of carbonyl (C=O) groups is 1. The minimum atomic E-state index is -0.0415. The lowest BCUT2D eigenvalue weighted by Gasteiger charge is -1.94. The Bertz CT molecular complexity index is 255. The molecule has 0 amide bonds. The molecular formula is C14H28N2O. The third-order valence-electron chi connectivity index (χ3n) is 1.44. The number of carbonyl (C=O) groups excluding carboxylic acids is 1. The molecule has 0 N–H and O–H groups in total. The normalized spacial score (nSPS) is 7.29. The molecule has 0 aromatic carbocycles. The maximum absolute atomic E-state index is 10.7. The van der Waals surface area contributed by atoms with Gasteiger partial charge in [-0.15, -0.1) is 5.10 Å². The highest BCUT2D eigenvalue weighted by molar-refractivity contribution is 5.91. The van der Waals surface area contributed by atoms with Crippen LogP contribution in [-0.2, 0) is 6.42 Å². The fraction of sp³-hybridized carbons (Fsp3) is 0.643. The molecule has 0 spiro atoms. The van der Waals surface area contributed by atoms with Crippen LogP contribution in [0.4, 0.5) is 0 Å². The van der Waals surface area contributed by atoms with Crippen molar-refractivity contribution in [3.05, 3.63) is 23.5 Å². The second kappa shape index (κ2) is 17.2. The number of hydrogen-bond donors (Lipinski definition) is 0. The molecular weight excluding hydrogens is 212 g/mol. The zero-order valence-electron chi connectivity index (χ0n) is 12.7. The van der Waals surface area contributed by atoms with Crippen molar-refractivity contribution >= 4 is 5.78 Å². The minimum absolute atomic E-state index is 0.0415. The van der Waals surface area contributed by atoms with Gasteiger partial charge in [0.15, 0.2) is 5.78 Å². The Balaban J connectivity index is -0.000000285. The number of ketones is 1. The predicted octanol–water partition coefficient (Wildman–Crippen LogP) is 4.32. The van der Waals surface area contributed by atoms with E-state index in [1.54, 1.807) is 6.07 Å². The molecule has 3 nitrogen and oxygen atoms in total. The summed E-state index contributed by atoms with van der Waals surface area (Å²) in [5.41, 5.74) is 1.34. The first-order valence-corrected chi connectivity index (χ1v) is 6.57. The first-order valence-electron chi connectivity index (χ1n) is 6.57. The lowest BCUT2D eigenvalue weighted by Crippen LogP contribution is -2.00. The highest BCUT2D eigenvalue weighted by Gasteiger charge is 1.99. The van der Waals surface area contributed by atoms with E-state index >= 15 is 0 Å². The molecule has 100 valence electrons. The molecule has 0 atom stereocenters. The smallest absolute Gasteiger partial charge is 0.180 e. The second-order valence-corrected chi connectivity index (χ2v) is 2.32. The van der Waals surface area contributed by atoms with Gasteiger partial charge in [-0.2, -0.15) is 5.10 Å². The second-order valence-electron chi connectivity index (χ2n) is 2.32. The molecule has 0 aliphatic rings. The van der Waals surface area contributed by atoms with Gasteiger partial charge in [0.2, 0.25) is 0 Å². The van der Waals surface area contributed by atoms with Gasteiger partial charge in [-0.05, 0) is 18.6 Å². The fourth-order valence-corrected chi connectivity index (χ4v) is 0.736. The summed E-state index contributed by atoms with van der Waals surface area (Å²) in [7, 11) is 0. The zero-order valence-corrected chi connectivity index (χ0v) is 12.7. The molecule has 1 heterocycles. The lowest BCUT2D eigenvalue weighted by atomic mass is 10.2. The summed E-state index contributed by atoms with van der Waals surface area (Å²) >= 11 is 0. The molecule has 0 aliphatic carbocycles. The van der Waals surface area contributed by atoms with Gasteiger partial charge in [0.05, 0.1) is 5.69 Å². The van der Waals surface area contributed by atoms with Crippen LogP contribution in [-0.4, -0.2) is 16.0 Å². The Kier molecular flexibility index (Phi) is 21.3. The molecule has 0 saturated carbocycles. The van der Waals surface area contributed by atoms with E-state index in [1.165, 1.54) is 6.92 Å². The quantitative estimate of drug-likeness (QED) is 0.723. The van der Waals surface area contributed by atoms with Crippen LogP contribution >= 0.6 is 0 Å². The van der Waals surface area contributed by atoms with Gasteiger partial charge >= 0.3 is 0 Å². The SMILES string of the molecule is CC.CC.CC.CCc1ccc(C(C)=O)nn1. The van der Waals surface area contributed by atoms with Gasteiger partial charge in [-0.3, -0.25) is 4.79 Å². The topological polar surface area (TPSA) is 42.9 Å². The third-order valence-corrected chi connectivity index (χ3v) is 1.44. The zero-order chi connectivity index (χ0) is 14.3. The average molecular weight is 240 g/mol. The molecule has 0 unspecified atom stereocenters. The maximum atomic E-state index is 10.7. The fourth-order valence-electron chi connectivity index (χ4n) is 0.736. The largest absolute Gasteiger partial charge is 0.293 e. The van der Waals surface area contributed by atoms with E-state index in [1.807, 2.05) is 54.5 Å². The number of aromatic nitrogens is 2. The number of aryl methyl sites for hydroxylation is 1. The van der Waals surface area contributed by atoms with Crippen LogP contribution in [0.5, 0.6) is 0 Å². The first-order chi connectivity index (χ1) is 8.24. The molecule has 0 fully saturated rings. The van der Waals surface area contributed by atoms with E-state index in [4.69, 9.17) is 0 Å². The predicted molar refractivity (Wildman–Crippen MR) is 75.5 cm³/mol. The molecule has 17 heavy (non-hydrogen) atoms. The lowest BCUT2D eigenvalue weighted by molar-refractivity contribution is 0.101. The maximum Gasteiger partial charge on any atom is 0.180 e. The summed E-state index contributed by atoms with van der Waals surface area (Å²) in [6, 6.07) is 3.53. The van der Waals surface area contributed by atoms with Crippen molar-refractivity contribution in [2.24, 2.45) is 0 Å². The Labute approximate surface area is 107 Å². The average Bonchev–Trinajstić information content (AvgIpc) is 2.45. The van der Waals surface area contributed by atoms with Gasteiger partial charge in [-0.1, -0.05) is 48.5 Å². The molecule has 3 heteroatoms. The highest BCUT2D eigenvalue weighted by Crippen LogP contribution is 1.97. The summed E-state index contributed by atoms with van der Waals surface area (Å²) in [6.45, 7) is 15.5. The van der Waals surface area contributed by atoms with Gasteiger partial charge in [-0.25, -0.2) is 0 Å². The number of rotatable bonds is 2. The van der Waals surface area contributed by atoms with E-state index in [-0.39, 0.29) is 5.78 Å². The Morgan fingerprint density at radius 2 is 1.47 bits per heavy atom. The Morgan fingerprint density at radius 1 is 1.00 bits per heavy atom. The monoisotopic (exact) mass is 240 g/mol. The van der Waals surface area contributed by atoms with Crippen LogP contribution in [0.2, 0.25) is 0 Å². The van der Waals surface area contributed by atoms with Crippen LogP contribution in [0.3, 0.4) is 0 Å². The number of hydrogen-bond acceptors (Lipinski definition) is 3. The van der Waals surface area contributed by atoms with E-state index in [0.717, 1.165) is 12.1 Å². The highest BCUT2D eigenvalue weighted by atomic mass is 16.1. The van der Waals surface area contributed by atoms with Crippen LogP contribution in [0.15, 0.2) is 12.1 Å². The first kappa shape index (κ1) is 21.1. The number of nitrogens with zero attached hydrogens (tertiary/aromatic N) is 2. The van der Waals surface area contributed by atoms with Crippen molar-refractivity contribution in [3.8, 4) is 0 Å². The number of Topliss-reactive ketones (excluding diaryl/α,β-unsaturated/α-hetero) is 1. The van der Waals surface area contributed by atoms with Crippen molar-refractivity contribution in [1.29, 1.82) is 0 Å². The molecule has 0 radical (unpaired) electrons. The van der Waals surface area contributed by atoms with Crippen molar-refractivity contribution in [2.75, 3.05) is 0 Å². The molecule has 0 saturated heterocycles. The Morgan fingerprint density at radius 3 is 1.71 bits per heavy atom. The minimum Gasteiger partial charge on any atom is -0.293 e. The van der Waals surface area contributed by atoms with Crippen LogP contribution in [0.1, 0.15) is 71.6 Å². The summed E-state index contributed by atoms with van der Waals surface area (Å²) in [6.07, 6.45) is 0.852. The van der Waals surface area contributed by atoms with Gasteiger partial charge in [0, 0.05) is 6.92 Å². The van der Waals surface area contributed by atoms with E-state index in [2.05, 4.69) is 10.2 Å². The molecule has 1 aromatic heterocycles. The molecule has 0 aliphatic heterocycles. The van der Waals surface area contributed by atoms with Gasteiger partial charge in [0.1, 0.15) is 5.69 Å². The van der Waals surface area contributed by atoms with Gasteiger partial charge < -0.3 is 0 Å². The third kappa shape index (κ3) is 11.0. The summed E-state index contributed by atoms with van der Waals surface area (Å²) in [5, 5.41) is 7.60. The summed E-state index contributed by atoms with van der Waals surface area (Å²) in [5.74, 6) is -0.0415. The van der Waals surface area contributed by atoms with E-state index < -0.39 is 0 Å². The van der Waals surface area contributed by atoms with Crippen LogP contribution in [0, 0.1) is 0 Å². The van der Waals surface area contributed by atoms with E-state index in [0.29, 0.717) is 5.69 Å². The van der Waals surface area contributed by atoms with Crippen molar-refractivity contribution in [3.63, 3.8) is 0 Å². The standard InChI is InChI=1S/C8H10N2O.3C2H6/c1-3-7-4-5-8(6(2)11)10-9-7;3*1-2/h4-5H,3H2,1-2H3;3*1-2H3. The van der Waals surface area contributed by atoms with Crippen LogP contribution in [0.25, 0.3) is 0 Å². The molecule has 1 aromatic rings. The van der Waals surface area contributed by atoms with E-state index in [9.17, 15) is 4.79 Å². The molecule has 0 bridgehead atoms. The summed E-state index contributed by atoms with van der Waals surface area (Å²) in [4.78, 5) is 10.7. The van der Waals surface area contributed by atoms with Gasteiger partial charge in [0.25, 0.3) is 0 Å². The van der Waals surface area contributed by atoms with Crippen molar-refractivity contribution < 1.29 is 4.79 Å². The Hall–Kier alpha value is -1.25. The molecule has 1 rings (SSSR count).